The van der Waals surface area contributed by atoms with Crippen molar-refractivity contribution in [2.24, 2.45) is 0 Å². The standard InChI is InChI=1S/C22H21N3O/c1-18-5-4-6-20(15-18)16-25(17-21-7-2-3-12-24-21)22(26)9-8-19-10-13-23-14-11-19/h2-15H,16-17H2,1H3/b9-8-. The summed E-state index contributed by atoms with van der Waals surface area (Å²) in [5.74, 6) is -0.0472. The normalized spacial score (nSPS) is 10.8. The smallest absolute Gasteiger partial charge is 0.247 e. The number of pyridine rings is 2. The fourth-order valence-corrected chi connectivity index (χ4v) is 2.68. The Bertz CT molecular complexity index is 876. The van der Waals surface area contributed by atoms with Crippen LogP contribution in [0.3, 0.4) is 0 Å². The van der Waals surface area contributed by atoms with E-state index in [0.29, 0.717) is 13.1 Å². The predicted molar refractivity (Wildman–Crippen MR) is 103 cm³/mol. The Morgan fingerprint density at radius 2 is 1.85 bits per heavy atom. The van der Waals surface area contributed by atoms with Crippen LogP contribution >= 0.6 is 0 Å². The van der Waals surface area contributed by atoms with E-state index in [0.717, 1.165) is 16.8 Å². The van der Waals surface area contributed by atoms with Crippen molar-refractivity contribution in [2.75, 3.05) is 0 Å². The molecule has 0 spiro atoms. The van der Waals surface area contributed by atoms with Gasteiger partial charge in [-0.3, -0.25) is 14.8 Å². The van der Waals surface area contributed by atoms with Crippen LogP contribution in [0.2, 0.25) is 0 Å². The van der Waals surface area contributed by atoms with Crippen molar-refractivity contribution in [1.82, 2.24) is 14.9 Å². The van der Waals surface area contributed by atoms with Gasteiger partial charge in [-0.1, -0.05) is 35.9 Å². The van der Waals surface area contributed by atoms with Crippen LogP contribution in [0.1, 0.15) is 22.4 Å². The summed E-state index contributed by atoms with van der Waals surface area (Å²) in [5.41, 5.74) is 4.10. The van der Waals surface area contributed by atoms with Gasteiger partial charge in [-0.2, -0.15) is 0 Å². The highest BCUT2D eigenvalue weighted by molar-refractivity contribution is 5.91. The highest BCUT2D eigenvalue weighted by Gasteiger charge is 2.13. The van der Waals surface area contributed by atoms with Crippen LogP contribution in [0.15, 0.2) is 79.3 Å². The first kappa shape index (κ1) is 17.5. The molecular weight excluding hydrogens is 322 g/mol. The van der Waals surface area contributed by atoms with Gasteiger partial charge in [-0.25, -0.2) is 0 Å². The van der Waals surface area contributed by atoms with E-state index in [4.69, 9.17) is 0 Å². The van der Waals surface area contributed by atoms with Crippen molar-refractivity contribution in [2.45, 2.75) is 20.0 Å². The molecule has 0 saturated heterocycles. The van der Waals surface area contributed by atoms with Gasteiger partial charge in [0.15, 0.2) is 0 Å². The number of carbonyl (C=O) groups excluding carboxylic acids is 1. The molecule has 1 aromatic carbocycles. The maximum Gasteiger partial charge on any atom is 0.247 e. The summed E-state index contributed by atoms with van der Waals surface area (Å²) in [6.45, 7) is 3.06. The van der Waals surface area contributed by atoms with Crippen LogP contribution in [-0.2, 0) is 17.9 Å². The van der Waals surface area contributed by atoms with E-state index in [9.17, 15) is 4.79 Å². The molecule has 0 atom stereocenters. The molecule has 1 amide bonds. The topological polar surface area (TPSA) is 46.1 Å². The first-order valence-corrected chi connectivity index (χ1v) is 8.53. The number of benzene rings is 1. The van der Waals surface area contributed by atoms with Crippen LogP contribution in [0.5, 0.6) is 0 Å². The number of hydrogen-bond acceptors (Lipinski definition) is 3. The highest BCUT2D eigenvalue weighted by atomic mass is 16.2. The van der Waals surface area contributed by atoms with Gasteiger partial charge in [0.2, 0.25) is 5.91 Å². The molecule has 3 rings (SSSR count). The van der Waals surface area contributed by atoms with Crippen molar-refractivity contribution in [3.05, 3.63) is 102 Å². The van der Waals surface area contributed by atoms with Crippen molar-refractivity contribution in [3.63, 3.8) is 0 Å². The van der Waals surface area contributed by atoms with E-state index in [-0.39, 0.29) is 5.91 Å². The summed E-state index contributed by atoms with van der Waals surface area (Å²) in [4.78, 5) is 22.9. The van der Waals surface area contributed by atoms with E-state index in [1.165, 1.54) is 5.56 Å². The summed E-state index contributed by atoms with van der Waals surface area (Å²) < 4.78 is 0. The molecule has 26 heavy (non-hydrogen) atoms. The molecule has 2 heterocycles. The molecule has 2 aromatic heterocycles. The van der Waals surface area contributed by atoms with Gasteiger partial charge in [0.1, 0.15) is 0 Å². The van der Waals surface area contributed by atoms with Gasteiger partial charge in [0.25, 0.3) is 0 Å². The van der Waals surface area contributed by atoms with Gasteiger partial charge in [-0.15, -0.1) is 0 Å². The third-order valence-corrected chi connectivity index (χ3v) is 3.97. The summed E-state index contributed by atoms with van der Waals surface area (Å²) >= 11 is 0. The second kappa shape index (κ2) is 8.72. The van der Waals surface area contributed by atoms with Crippen LogP contribution in [0, 0.1) is 6.92 Å². The maximum atomic E-state index is 12.8. The SMILES string of the molecule is Cc1cccc(CN(Cc2ccccn2)C(=O)/C=C\c2ccncc2)c1. The minimum atomic E-state index is -0.0472. The van der Waals surface area contributed by atoms with Gasteiger partial charge in [0.05, 0.1) is 12.2 Å². The van der Waals surface area contributed by atoms with Crippen molar-refractivity contribution in [1.29, 1.82) is 0 Å². The fraction of sp³-hybridized carbons (Fsp3) is 0.136. The molecule has 0 fully saturated rings. The van der Waals surface area contributed by atoms with Gasteiger partial charge in [0, 0.05) is 31.2 Å². The van der Waals surface area contributed by atoms with E-state index < -0.39 is 0 Å². The lowest BCUT2D eigenvalue weighted by Gasteiger charge is -2.21. The third kappa shape index (κ3) is 5.11. The Balaban J connectivity index is 1.79. The van der Waals surface area contributed by atoms with Crippen LogP contribution < -0.4 is 0 Å². The number of carbonyl (C=O) groups is 1. The zero-order valence-electron chi connectivity index (χ0n) is 14.7. The number of aryl methyl sites for hydroxylation is 1. The summed E-state index contributed by atoms with van der Waals surface area (Å²) in [5, 5.41) is 0. The van der Waals surface area contributed by atoms with Crippen LogP contribution in [-0.4, -0.2) is 20.8 Å². The quantitative estimate of drug-likeness (QED) is 0.635. The summed E-state index contributed by atoms with van der Waals surface area (Å²) in [6, 6.07) is 17.7. The number of nitrogens with zero attached hydrogens (tertiary/aromatic N) is 3. The Morgan fingerprint density at radius 1 is 1.00 bits per heavy atom. The lowest BCUT2D eigenvalue weighted by atomic mass is 10.1. The molecule has 0 bridgehead atoms. The molecule has 3 aromatic rings. The van der Waals surface area contributed by atoms with Gasteiger partial charge >= 0.3 is 0 Å². The van der Waals surface area contributed by atoms with Gasteiger partial charge in [-0.05, 0) is 48.4 Å². The molecule has 130 valence electrons. The lowest BCUT2D eigenvalue weighted by Crippen LogP contribution is -2.28. The average Bonchev–Trinajstić information content (AvgIpc) is 2.67. The molecule has 0 saturated carbocycles. The molecule has 0 radical (unpaired) electrons. The number of amides is 1. The number of hydrogen-bond donors (Lipinski definition) is 0. The Kier molecular flexibility index (Phi) is 5.88. The summed E-state index contributed by atoms with van der Waals surface area (Å²) in [7, 11) is 0. The largest absolute Gasteiger partial charge is 0.329 e. The Hall–Kier alpha value is -3.27. The Morgan fingerprint density at radius 3 is 2.58 bits per heavy atom. The van der Waals surface area contributed by atoms with E-state index in [2.05, 4.69) is 29.0 Å². The molecule has 0 unspecified atom stereocenters. The zero-order valence-corrected chi connectivity index (χ0v) is 14.7. The fourth-order valence-electron chi connectivity index (χ4n) is 2.68. The zero-order chi connectivity index (χ0) is 18.2. The van der Waals surface area contributed by atoms with Crippen molar-refractivity contribution in [3.8, 4) is 0 Å². The van der Waals surface area contributed by atoms with Gasteiger partial charge < -0.3 is 4.90 Å². The van der Waals surface area contributed by atoms with Crippen LogP contribution in [0.25, 0.3) is 6.08 Å². The molecule has 4 nitrogen and oxygen atoms in total. The van der Waals surface area contributed by atoms with E-state index in [1.54, 1.807) is 29.6 Å². The monoisotopic (exact) mass is 343 g/mol. The first-order valence-electron chi connectivity index (χ1n) is 8.53. The molecule has 0 aliphatic heterocycles. The highest BCUT2D eigenvalue weighted by Crippen LogP contribution is 2.12. The lowest BCUT2D eigenvalue weighted by molar-refractivity contribution is -0.127. The second-order valence-electron chi connectivity index (χ2n) is 6.12. The number of aromatic nitrogens is 2. The minimum Gasteiger partial charge on any atom is -0.329 e. The molecular formula is C22H21N3O. The Labute approximate surface area is 153 Å². The maximum absolute atomic E-state index is 12.8. The molecule has 0 aliphatic rings. The van der Waals surface area contributed by atoms with Crippen LogP contribution in [0.4, 0.5) is 0 Å². The third-order valence-electron chi connectivity index (χ3n) is 3.97. The van der Waals surface area contributed by atoms with Crippen molar-refractivity contribution >= 4 is 12.0 Å². The van der Waals surface area contributed by atoms with Crippen molar-refractivity contribution < 1.29 is 4.79 Å². The van der Waals surface area contributed by atoms with E-state index in [1.807, 2.05) is 48.5 Å². The first-order chi connectivity index (χ1) is 12.7. The van der Waals surface area contributed by atoms with E-state index >= 15 is 0 Å². The minimum absolute atomic E-state index is 0.0472. The average molecular weight is 343 g/mol. The molecule has 0 N–H and O–H groups in total. The second-order valence-corrected chi connectivity index (χ2v) is 6.12. The number of rotatable bonds is 6. The molecule has 0 aliphatic carbocycles. The molecule has 4 heteroatoms. The predicted octanol–water partition coefficient (Wildman–Crippen LogP) is 4.03. The summed E-state index contributed by atoms with van der Waals surface area (Å²) in [6.07, 6.45) is 8.59.